The van der Waals surface area contributed by atoms with Crippen LogP contribution in [-0.4, -0.2) is 24.2 Å². The molecule has 1 atom stereocenters. The molecule has 0 aromatic heterocycles. The maximum atomic E-state index is 11.4. The lowest BCUT2D eigenvalue weighted by molar-refractivity contribution is -0.0509. The van der Waals surface area contributed by atoms with E-state index in [0.29, 0.717) is 23.6 Å². The van der Waals surface area contributed by atoms with E-state index < -0.39 is 5.91 Å². The summed E-state index contributed by atoms with van der Waals surface area (Å²) in [5.74, 6) is -0.0666. The van der Waals surface area contributed by atoms with Crippen molar-refractivity contribution in [2.45, 2.75) is 50.2 Å². The van der Waals surface area contributed by atoms with Crippen molar-refractivity contribution in [2.75, 3.05) is 12.3 Å². The van der Waals surface area contributed by atoms with E-state index in [-0.39, 0.29) is 11.7 Å². The van der Waals surface area contributed by atoms with Crippen LogP contribution in [0.1, 0.15) is 48.9 Å². The summed E-state index contributed by atoms with van der Waals surface area (Å²) in [6.45, 7) is 0.436. The molecule has 2 fully saturated rings. The first-order valence-electron chi connectivity index (χ1n) is 7.58. The Labute approximate surface area is 124 Å². The number of benzene rings is 1. The van der Waals surface area contributed by atoms with E-state index in [1.165, 1.54) is 12.8 Å². The summed E-state index contributed by atoms with van der Waals surface area (Å²) < 4.78 is 11.9. The van der Waals surface area contributed by atoms with Gasteiger partial charge in [-0.15, -0.1) is 0 Å². The number of hydrogen-bond acceptors (Lipinski definition) is 4. The zero-order valence-electron chi connectivity index (χ0n) is 12.1. The third-order valence-corrected chi connectivity index (χ3v) is 4.55. The van der Waals surface area contributed by atoms with Crippen molar-refractivity contribution in [1.82, 2.24) is 0 Å². The summed E-state index contributed by atoms with van der Waals surface area (Å²) in [6.07, 6.45) is 7.05. The van der Waals surface area contributed by atoms with Gasteiger partial charge in [0.1, 0.15) is 12.4 Å². The Hall–Kier alpha value is -1.75. The Bertz CT molecular complexity index is 538. The van der Waals surface area contributed by atoms with Gasteiger partial charge in [-0.05, 0) is 37.8 Å². The summed E-state index contributed by atoms with van der Waals surface area (Å²) >= 11 is 0. The van der Waals surface area contributed by atoms with Gasteiger partial charge in [-0.2, -0.15) is 0 Å². The first-order chi connectivity index (χ1) is 10.1. The lowest BCUT2D eigenvalue weighted by Crippen LogP contribution is -2.27. The highest BCUT2D eigenvalue weighted by molar-refractivity contribution is 5.96. The molecule has 0 radical (unpaired) electrons. The molecule has 5 nitrogen and oxygen atoms in total. The van der Waals surface area contributed by atoms with Gasteiger partial charge < -0.3 is 20.9 Å². The van der Waals surface area contributed by atoms with Gasteiger partial charge >= 0.3 is 0 Å². The second-order valence-corrected chi connectivity index (χ2v) is 6.10. The van der Waals surface area contributed by atoms with E-state index in [2.05, 4.69) is 0 Å². The fourth-order valence-corrected chi connectivity index (χ4v) is 3.44. The summed E-state index contributed by atoms with van der Waals surface area (Å²) in [6, 6.07) is 4.88. The van der Waals surface area contributed by atoms with Crippen LogP contribution in [0.4, 0.5) is 5.69 Å². The number of hydrogen-bond donors (Lipinski definition) is 2. The van der Waals surface area contributed by atoms with Crippen LogP contribution in [0.15, 0.2) is 18.2 Å². The van der Waals surface area contributed by atoms with Crippen molar-refractivity contribution in [3.8, 4) is 5.75 Å². The molecule has 2 aliphatic rings. The van der Waals surface area contributed by atoms with Gasteiger partial charge in [-0.25, -0.2) is 0 Å². The molecule has 1 aromatic carbocycles. The summed E-state index contributed by atoms with van der Waals surface area (Å²) in [5, 5.41) is 0. The van der Waals surface area contributed by atoms with Crippen molar-refractivity contribution < 1.29 is 14.3 Å². The zero-order valence-corrected chi connectivity index (χ0v) is 12.1. The number of nitrogen functional groups attached to an aromatic ring is 1. The molecular formula is C16H22N2O3. The van der Waals surface area contributed by atoms with Gasteiger partial charge in [-0.1, -0.05) is 12.8 Å². The Morgan fingerprint density at radius 2 is 2.10 bits per heavy atom. The van der Waals surface area contributed by atoms with Gasteiger partial charge in [0.25, 0.3) is 5.91 Å². The van der Waals surface area contributed by atoms with Crippen LogP contribution in [0, 0.1) is 0 Å². The molecule has 0 bridgehead atoms. The Kier molecular flexibility index (Phi) is 3.76. The monoisotopic (exact) mass is 290 g/mol. The highest BCUT2D eigenvalue weighted by Gasteiger charge is 2.42. The fraction of sp³-hybridized carbons (Fsp3) is 0.562. The average Bonchev–Trinajstić information content (AvgIpc) is 3.07. The summed E-state index contributed by atoms with van der Waals surface area (Å²) in [4.78, 5) is 11.4. The minimum absolute atomic E-state index is 0.0882. The van der Waals surface area contributed by atoms with Crippen LogP contribution >= 0.6 is 0 Å². The molecule has 1 aliphatic heterocycles. The first-order valence-corrected chi connectivity index (χ1v) is 7.58. The van der Waals surface area contributed by atoms with Gasteiger partial charge in [-0.3, -0.25) is 4.79 Å². The quantitative estimate of drug-likeness (QED) is 0.832. The predicted octanol–water partition coefficient (Wildman–Crippen LogP) is 2.24. The maximum absolute atomic E-state index is 11.4. The molecule has 1 aliphatic carbocycles. The number of primary amides is 1. The molecule has 1 spiro atoms. The number of carbonyl (C=O) groups excluding carboxylic acids is 1. The Morgan fingerprint density at radius 3 is 2.81 bits per heavy atom. The number of nitrogens with two attached hydrogens (primary N) is 2. The summed E-state index contributed by atoms with van der Waals surface area (Å²) in [7, 11) is 0. The minimum Gasteiger partial charge on any atom is -0.490 e. The maximum Gasteiger partial charge on any atom is 0.252 e. The lowest BCUT2D eigenvalue weighted by atomic mass is 9.98. The van der Waals surface area contributed by atoms with Crippen molar-refractivity contribution in [1.29, 1.82) is 0 Å². The first kappa shape index (κ1) is 14.2. The number of carbonyl (C=O) groups is 1. The fourth-order valence-electron chi connectivity index (χ4n) is 3.44. The van der Waals surface area contributed by atoms with Crippen LogP contribution in [-0.2, 0) is 4.74 Å². The third kappa shape index (κ3) is 2.97. The van der Waals surface area contributed by atoms with Gasteiger partial charge in [0.15, 0.2) is 0 Å². The molecule has 5 heteroatoms. The SMILES string of the molecule is NC(=O)c1ccc(N)cc1OCC1CCC2(CCCC2)O1. The normalized spacial score (nSPS) is 23.5. The molecule has 1 saturated heterocycles. The smallest absolute Gasteiger partial charge is 0.252 e. The molecule has 1 aromatic rings. The van der Waals surface area contributed by atoms with Gasteiger partial charge in [0, 0.05) is 11.8 Å². The third-order valence-electron chi connectivity index (χ3n) is 4.55. The van der Waals surface area contributed by atoms with Crippen molar-refractivity contribution in [2.24, 2.45) is 5.73 Å². The van der Waals surface area contributed by atoms with Crippen LogP contribution in [0.2, 0.25) is 0 Å². The largest absolute Gasteiger partial charge is 0.490 e. The van der Waals surface area contributed by atoms with Gasteiger partial charge in [0.2, 0.25) is 0 Å². The van der Waals surface area contributed by atoms with E-state index in [0.717, 1.165) is 25.7 Å². The van der Waals surface area contributed by atoms with Crippen molar-refractivity contribution >= 4 is 11.6 Å². The average molecular weight is 290 g/mol. The number of ether oxygens (including phenoxy) is 2. The molecule has 1 amide bonds. The number of amides is 1. The van der Waals surface area contributed by atoms with E-state index >= 15 is 0 Å². The van der Waals surface area contributed by atoms with Gasteiger partial charge in [0.05, 0.1) is 17.3 Å². The number of rotatable bonds is 4. The molecule has 21 heavy (non-hydrogen) atoms. The highest BCUT2D eigenvalue weighted by Crippen LogP contribution is 2.43. The van der Waals surface area contributed by atoms with E-state index in [4.69, 9.17) is 20.9 Å². The molecule has 1 unspecified atom stereocenters. The van der Waals surface area contributed by atoms with Crippen molar-refractivity contribution in [3.63, 3.8) is 0 Å². The lowest BCUT2D eigenvalue weighted by Gasteiger charge is -2.24. The molecule has 1 heterocycles. The number of anilines is 1. The molecule has 3 rings (SSSR count). The highest BCUT2D eigenvalue weighted by atomic mass is 16.6. The van der Waals surface area contributed by atoms with E-state index in [9.17, 15) is 4.79 Å². The standard InChI is InChI=1S/C16H22N2O3/c17-11-3-4-13(15(18)19)14(9-11)20-10-12-5-8-16(21-12)6-1-2-7-16/h3-4,9,12H,1-2,5-8,10,17H2,(H2,18,19). The zero-order chi connectivity index (χ0) is 14.9. The second kappa shape index (κ2) is 5.56. The van der Waals surface area contributed by atoms with Crippen LogP contribution in [0.3, 0.4) is 0 Å². The predicted molar refractivity (Wildman–Crippen MR) is 80.2 cm³/mol. The van der Waals surface area contributed by atoms with E-state index in [1.807, 2.05) is 0 Å². The van der Waals surface area contributed by atoms with Crippen LogP contribution in [0.25, 0.3) is 0 Å². The topological polar surface area (TPSA) is 87.6 Å². The van der Waals surface area contributed by atoms with E-state index in [1.54, 1.807) is 18.2 Å². The summed E-state index contributed by atoms with van der Waals surface area (Å²) in [5.41, 5.74) is 12.1. The van der Waals surface area contributed by atoms with Crippen LogP contribution in [0.5, 0.6) is 5.75 Å². The second-order valence-electron chi connectivity index (χ2n) is 6.10. The Morgan fingerprint density at radius 1 is 1.33 bits per heavy atom. The van der Waals surface area contributed by atoms with Crippen molar-refractivity contribution in [3.05, 3.63) is 23.8 Å². The molecule has 4 N–H and O–H groups in total. The van der Waals surface area contributed by atoms with Crippen LogP contribution < -0.4 is 16.2 Å². The minimum atomic E-state index is -0.510. The molecule has 114 valence electrons. The Balaban J connectivity index is 1.63. The molecular weight excluding hydrogens is 268 g/mol. The molecule has 1 saturated carbocycles.